The van der Waals surface area contributed by atoms with E-state index in [1.807, 2.05) is 0 Å². The number of fused-ring (bicyclic) bond motifs is 2. The minimum absolute atomic E-state index is 0.0627. The van der Waals surface area contributed by atoms with Crippen LogP contribution in [0.5, 0.6) is 5.88 Å². The van der Waals surface area contributed by atoms with Crippen molar-refractivity contribution in [1.82, 2.24) is 29.5 Å². The highest BCUT2D eigenvalue weighted by atomic mass is 16.4. The molecule has 224 valence electrons. The number of pyridine rings is 2. The molecule has 0 amide bonds. The molecule has 0 fully saturated rings. The number of aryl methyl sites for hydroxylation is 1. The van der Waals surface area contributed by atoms with Crippen LogP contribution >= 0.6 is 0 Å². The Morgan fingerprint density at radius 1 is 0.844 bits per heavy atom. The molecule has 2 aromatic heterocycles. The number of rotatable bonds is 6. The molecule has 0 saturated heterocycles. The lowest BCUT2D eigenvalue weighted by Gasteiger charge is -2.07. The average Bonchev–Trinajstić information content (AvgIpc) is 3.52. The number of benzene rings is 2. The first-order valence-electron chi connectivity index (χ1n) is 13.5. The van der Waals surface area contributed by atoms with Crippen LogP contribution in [-0.2, 0) is 0 Å². The van der Waals surface area contributed by atoms with E-state index in [2.05, 4.69) is 26.7 Å². The zero-order chi connectivity index (χ0) is 32.2. The van der Waals surface area contributed by atoms with E-state index in [0.29, 0.717) is 49.7 Å². The minimum Gasteiger partial charge on any atom is -0.494 e. The van der Waals surface area contributed by atoms with E-state index in [9.17, 15) is 29.4 Å². The number of carboxylic acids is 2. The van der Waals surface area contributed by atoms with E-state index in [4.69, 9.17) is 5.11 Å². The lowest BCUT2D eigenvalue weighted by Crippen LogP contribution is -2.30. The van der Waals surface area contributed by atoms with Crippen LogP contribution in [0, 0.1) is 13.8 Å². The van der Waals surface area contributed by atoms with Gasteiger partial charge in [0.05, 0.1) is 33.4 Å². The van der Waals surface area contributed by atoms with Crippen LogP contribution in [-0.4, -0.2) is 56.8 Å². The van der Waals surface area contributed by atoms with Crippen LogP contribution in [0.2, 0.25) is 0 Å². The van der Waals surface area contributed by atoms with Crippen molar-refractivity contribution in [1.29, 1.82) is 0 Å². The van der Waals surface area contributed by atoms with Gasteiger partial charge >= 0.3 is 11.9 Å². The van der Waals surface area contributed by atoms with Gasteiger partial charge in [-0.15, -0.1) is 10.2 Å². The molecule has 0 saturated carbocycles. The maximum absolute atomic E-state index is 13.3. The van der Waals surface area contributed by atoms with E-state index in [0.717, 1.165) is 4.68 Å². The van der Waals surface area contributed by atoms with Gasteiger partial charge in [0.25, 0.3) is 11.1 Å². The first-order valence-corrected chi connectivity index (χ1v) is 13.5. The largest absolute Gasteiger partial charge is 0.494 e. The van der Waals surface area contributed by atoms with Gasteiger partial charge < -0.3 is 25.3 Å². The van der Waals surface area contributed by atoms with Gasteiger partial charge in [0.1, 0.15) is 0 Å². The first kappa shape index (κ1) is 28.6. The molecule has 2 aliphatic heterocycles. The molecule has 13 heteroatoms. The van der Waals surface area contributed by atoms with Crippen molar-refractivity contribution in [2.75, 3.05) is 0 Å². The van der Waals surface area contributed by atoms with Crippen molar-refractivity contribution in [2.45, 2.75) is 13.8 Å². The Balaban J connectivity index is 1.40. The SMILES string of the molecule is C=c1c2c(C)/c(=C/C=Cc3c(O)[nH]c4nn(-c5ccc(C(=O)O)cc5)c(=O)c-4c3C)c(=O)[nH]c2nn1-c1ccc(C(=O)O)cc1. The van der Waals surface area contributed by atoms with E-state index >= 15 is 0 Å². The third-order valence-electron chi connectivity index (χ3n) is 7.59. The zero-order valence-electron chi connectivity index (χ0n) is 23.8. The monoisotopic (exact) mass is 604 g/mol. The molecule has 0 aliphatic carbocycles. The minimum atomic E-state index is -1.10. The number of carboxylic acid groups (broad SMARTS) is 2. The molecule has 0 atom stereocenters. The number of nitrogens with one attached hydrogen (secondary N) is 2. The van der Waals surface area contributed by atoms with Crippen LogP contribution in [0.4, 0.5) is 0 Å². The molecule has 2 aromatic carbocycles. The fourth-order valence-electron chi connectivity index (χ4n) is 5.26. The number of hydrogen-bond donors (Lipinski definition) is 5. The standard InChI is InChI=1S/C32H24N6O7/c1-15-22(28(39)33-26-24(15)17(3)37(35-26)20-11-7-18(8-12-20)31(42)43)5-4-6-23-16(2)25-27(34-29(23)40)36-38(30(25)41)21-13-9-19(10-14-21)32(44)45/h4-14H,3H2,1-2H3,(H,42,43)(H,44,45)(H,33,35,39)(H2,34,36,40)/b6-4?,22-5-. The van der Waals surface area contributed by atoms with Gasteiger partial charge in [-0.25, -0.2) is 14.3 Å². The number of H-pyrrole nitrogens is 2. The second-order valence-corrected chi connectivity index (χ2v) is 10.3. The molecule has 0 spiro atoms. The average molecular weight is 605 g/mol. The van der Waals surface area contributed by atoms with Crippen LogP contribution in [0.3, 0.4) is 0 Å². The van der Waals surface area contributed by atoms with Crippen molar-refractivity contribution in [3.05, 3.63) is 114 Å². The van der Waals surface area contributed by atoms with Gasteiger partial charge in [0, 0.05) is 16.2 Å². The third kappa shape index (κ3) is 4.77. The maximum atomic E-state index is 13.3. The predicted molar refractivity (Wildman–Crippen MR) is 166 cm³/mol. The van der Waals surface area contributed by atoms with E-state index in [1.54, 1.807) is 44.2 Å². The van der Waals surface area contributed by atoms with E-state index < -0.39 is 23.1 Å². The number of aromatic nitrogens is 6. The Labute approximate surface area is 252 Å². The number of allylic oxidation sites excluding steroid dienone is 1. The molecule has 0 unspecified atom stereocenters. The van der Waals surface area contributed by atoms with Crippen LogP contribution < -0.4 is 21.7 Å². The quantitative estimate of drug-likeness (QED) is 0.189. The number of carbonyl (C=O) groups is 2. The molecule has 6 rings (SSSR count). The fourth-order valence-corrected chi connectivity index (χ4v) is 5.26. The Bertz CT molecular complexity index is 2410. The summed E-state index contributed by atoms with van der Waals surface area (Å²) in [6.45, 7) is 7.55. The fraction of sp³-hybridized carbons (Fsp3) is 0.0625. The molecule has 5 N–H and O–H groups in total. The van der Waals surface area contributed by atoms with Crippen LogP contribution in [0.15, 0.2) is 64.2 Å². The Morgan fingerprint density at radius 2 is 1.42 bits per heavy atom. The normalized spacial score (nSPS) is 12.1. The summed E-state index contributed by atoms with van der Waals surface area (Å²) in [6.07, 6.45) is 4.70. The maximum Gasteiger partial charge on any atom is 0.335 e. The number of aromatic carboxylic acids is 2. The highest BCUT2D eigenvalue weighted by molar-refractivity contribution is 5.88. The highest BCUT2D eigenvalue weighted by Gasteiger charge is 2.23. The molecular weight excluding hydrogens is 580 g/mol. The van der Waals surface area contributed by atoms with Gasteiger partial charge in [-0.2, -0.15) is 4.68 Å². The topological polar surface area (TPSA) is 196 Å². The van der Waals surface area contributed by atoms with Crippen molar-refractivity contribution in [3.63, 3.8) is 0 Å². The summed E-state index contributed by atoms with van der Waals surface area (Å²) in [5.41, 5.74) is 2.16. The molecule has 45 heavy (non-hydrogen) atoms. The lowest BCUT2D eigenvalue weighted by molar-refractivity contribution is 0.0686. The number of nitrogens with zero attached hydrogens (tertiary/aromatic N) is 4. The van der Waals surface area contributed by atoms with Gasteiger partial charge in [-0.3, -0.25) is 9.59 Å². The van der Waals surface area contributed by atoms with Gasteiger partial charge in [0.2, 0.25) is 0 Å². The Morgan fingerprint density at radius 3 is 2.00 bits per heavy atom. The van der Waals surface area contributed by atoms with Crippen molar-refractivity contribution < 1.29 is 24.9 Å². The van der Waals surface area contributed by atoms with Crippen molar-refractivity contribution >= 4 is 41.7 Å². The molecule has 4 heterocycles. The summed E-state index contributed by atoms with van der Waals surface area (Å²) in [7, 11) is 0. The lowest BCUT2D eigenvalue weighted by atomic mass is 10.0. The van der Waals surface area contributed by atoms with Gasteiger partial charge in [-0.1, -0.05) is 12.7 Å². The summed E-state index contributed by atoms with van der Waals surface area (Å²) < 4.78 is 2.64. The number of aromatic amines is 2. The van der Waals surface area contributed by atoms with Crippen molar-refractivity contribution in [2.24, 2.45) is 0 Å². The van der Waals surface area contributed by atoms with E-state index in [1.165, 1.54) is 41.1 Å². The number of hydrogen-bond acceptors (Lipinski definition) is 7. The summed E-state index contributed by atoms with van der Waals surface area (Å²) in [5.74, 6) is -2.24. The highest BCUT2D eigenvalue weighted by Crippen LogP contribution is 2.29. The second-order valence-electron chi connectivity index (χ2n) is 10.3. The summed E-state index contributed by atoms with van der Waals surface area (Å²) >= 11 is 0. The van der Waals surface area contributed by atoms with Gasteiger partial charge in [-0.05, 0) is 85.7 Å². The Kier molecular flexibility index (Phi) is 6.77. The molecule has 4 aromatic rings. The molecule has 2 aliphatic rings. The second kappa shape index (κ2) is 10.6. The summed E-state index contributed by atoms with van der Waals surface area (Å²) in [6, 6.07) is 11.8. The van der Waals surface area contributed by atoms with Crippen molar-refractivity contribution in [3.8, 4) is 28.6 Å². The Hall–Kier alpha value is -6.50. The molecule has 0 bridgehead atoms. The zero-order valence-corrected chi connectivity index (χ0v) is 23.8. The first-order chi connectivity index (χ1) is 21.5. The third-order valence-corrected chi connectivity index (χ3v) is 7.59. The predicted octanol–water partition coefficient (Wildman–Crippen LogP) is 2.32. The molecule has 13 nitrogen and oxygen atoms in total. The van der Waals surface area contributed by atoms with Gasteiger partial charge in [0.15, 0.2) is 17.4 Å². The number of aromatic hydroxyl groups is 1. The summed E-state index contributed by atoms with van der Waals surface area (Å²) in [5, 5.41) is 39.2. The molecular formula is C32H24N6O7. The summed E-state index contributed by atoms with van der Waals surface area (Å²) in [4.78, 5) is 54.2. The van der Waals surface area contributed by atoms with Crippen LogP contribution in [0.1, 0.15) is 37.4 Å². The molecule has 0 radical (unpaired) electrons. The van der Waals surface area contributed by atoms with E-state index in [-0.39, 0.29) is 28.4 Å². The smallest absolute Gasteiger partial charge is 0.335 e. The van der Waals surface area contributed by atoms with Crippen LogP contribution in [0.25, 0.3) is 52.5 Å².